The van der Waals surface area contributed by atoms with Crippen molar-refractivity contribution in [2.75, 3.05) is 7.05 Å². The third kappa shape index (κ3) is 1.99. The van der Waals surface area contributed by atoms with Crippen LogP contribution < -0.4 is 0 Å². The lowest BCUT2D eigenvalue weighted by Crippen LogP contribution is -2.41. The minimum Gasteiger partial charge on any atom is -0.367 e. The van der Waals surface area contributed by atoms with Gasteiger partial charge in [-0.05, 0) is 5.56 Å². The van der Waals surface area contributed by atoms with E-state index in [1.54, 1.807) is 0 Å². The van der Waals surface area contributed by atoms with Gasteiger partial charge in [-0.2, -0.15) is 0 Å². The van der Waals surface area contributed by atoms with Crippen molar-refractivity contribution < 1.29 is 4.84 Å². The normalized spacial score (nSPS) is 24.6. The zero-order valence-electron chi connectivity index (χ0n) is 11.9. The summed E-state index contributed by atoms with van der Waals surface area (Å²) >= 11 is 0. The van der Waals surface area contributed by atoms with Crippen molar-refractivity contribution in [1.82, 2.24) is 10.0 Å². The summed E-state index contributed by atoms with van der Waals surface area (Å²) in [4.78, 5) is 5.64. The summed E-state index contributed by atoms with van der Waals surface area (Å²) in [5.41, 5.74) is 2.39. The molecule has 21 heavy (non-hydrogen) atoms. The van der Waals surface area contributed by atoms with E-state index in [4.69, 9.17) is 4.84 Å². The summed E-state index contributed by atoms with van der Waals surface area (Å²) in [7, 11) is 2.10. The molecule has 4 rings (SSSR count). The fourth-order valence-corrected chi connectivity index (χ4v) is 3.12. The third-order valence-corrected chi connectivity index (χ3v) is 4.18. The van der Waals surface area contributed by atoms with Crippen LogP contribution in [-0.4, -0.2) is 29.1 Å². The van der Waals surface area contributed by atoms with E-state index >= 15 is 0 Å². The Kier molecular flexibility index (Phi) is 2.89. The average molecular weight is 279 g/mol. The molecule has 2 heterocycles. The number of nitrogens with zero attached hydrogens (tertiary/aromatic N) is 3. The Morgan fingerprint density at radius 2 is 1.67 bits per heavy atom. The smallest absolute Gasteiger partial charge is 0.216 e. The molecule has 2 aromatic carbocycles. The lowest BCUT2D eigenvalue weighted by molar-refractivity contribution is -0.0265. The van der Waals surface area contributed by atoms with Gasteiger partial charge in [0, 0.05) is 19.0 Å². The van der Waals surface area contributed by atoms with E-state index < -0.39 is 0 Å². The second kappa shape index (κ2) is 4.90. The molecule has 0 unspecified atom stereocenters. The number of rotatable bonds is 2. The molecule has 0 saturated carbocycles. The van der Waals surface area contributed by atoms with Gasteiger partial charge in [0.1, 0.15) is 0 Å². The summed E-state index contributed by atoms with van der Waals surface area (Å²) in [5, 5.41) is 8.66. The highest BCUT2D eigenvalue weighted by atomic mass is 16.7. The Labute approximate surface area is 124 Å². The molecule has 2 aromatic rings. The maximum Gasteiger partial charge on any atom is 0.216 e. The van der Waals surface area contributed by atoms with E-state index in [2.05, 4.69) is 58.6 Å². The molecule has 4 nitrogen and oxygen atoms in total. The van der Waals surface area contributed by atoms with Crippen molar-refractivity contribution >= 4 is 5.84 Å². The average Bonchev–Trinajstić information content (AvgIpc) is 3.10. The van der Waals surface area contributed by atoms with E-state index in [1.807, 2.05) is 24.3 Å². The Hall–Kier alpha value is -2.33. The highest BCUT2D eigenvalue weighted by Gasteiger charge is 2.45. The predicted molar refractivity (Wildman–Crippen MR) is 81.3 cm³/mol. The zero-order chi connectivity index (χ0) is 14.2. The largest absolute Gasteiger partial charge is 0.367 e. The molecular weight excluding hydrogens is 262 g/mol. The molecular formula is C17H17N3O. The molecule has 0 spiro atoms. The maximum absolute atomic E-state index is 5.64. The van der Waals surface area contributed by atoms with Crippen molar-refractivity contribution in [3.8, 4) is 0 Å². The van der Waals surface area contributed by atoms with Crippen molar-refractivity contribution in [3.63, 3.8) is 0 Å². The Morgan fingerprint density at radius 3 is 2.38 bits per heavy atom. The molecule has 106 valence electrons. The first-order valence-corrected chi connectivity index (χ1v) is 7.21. The van der Waals surface area contributed by atoms with Gasteiger partial charge < -0.3 is 4.84 Å². The number of oxime groups is 1. The maximum atomic E-state index is 5.64. The van der Waals surface area contributed by atoms with Gasteiger partial charge in [-0.15, -0.1) is 0 Å². The van der Waals surface area contributed by atoms with Gasteiger partial charge in [0.25, 0.3) is 0 Å². The zero-order valence-corrected chi connectivity index (χ0v) is 11.9. The van der Waals surface area contributed by atoms with Gasteiger partial charge >= 0.3 is 0 Å². The van der Waals surface area contributed by atoms with Crippen molar-refractivity contribution in [3.05, 3.63) is 71.8 Å². The first-order valence-electron chi connectivity index (χ1n) is 7.21. The molecule has 2 aliphatic heterocycles. The van der Waals surface area contributed by atoms with Crippen LogP contribution in [0.5, 0.6) is 0 Å². The highest BCUT2D eigenvalue weighted by Crippen LogP contribution is 2.39. The van der Waals surface area contributed by atoms with Gasteiger partial charge in [0.05, 0.1) is 6.04 Å². The SMILES string of the molecule is CN1[C@H](c2ccccc2)C[C@@H]2ON=C(c3ccccc3)N21. The summed E-state index contributed by atoms with van der Waals surface area (Å²) in [6.07, 6.45) is 0.913. The van der Waals surface area contributed by atoms with Crippen molar-refractivity contribution in [1.29, 1.82) is 0 Å². The van der Waals surface area contributed by atoms with Gasteiger partial charge in [0.15, 0.2) is 5.84 Å². The molecule has 1 saturated heterocycles. The van der Waals surface area contributed by atoms with Crippen LogP contribution in [0.3, 0.4) is 0 Å². The summed E-state index contributed by atoms with van der Waals surface area (Å²) in [6, 6.07) is 21.1. The van der Waals surface area contributed by atoms with Crippen LogP contribution in [-0.2, 0) is 4.84 Å². The fraction of sp³-hybridized carbons (Fsp3) is 0.235. The number of hydrogen-bond donors (Lipinski definition) is 0. The van der Waals surface area contributed by atoms with Crippen LogP contribution in [0, 0.1) is 0 Å². The molecule has 0 radical (unpaired) electrons. The van der Waals surface area contributed by atoms with Crippen molar-refractivity contribution in [2.45, 2.75) is 18.7 Å². The topological polar surface area (TPSA) is 28.1 Å². The molecule has 0 N–H and O–H groups in total. The summed E-state index contributed by atoms with van der Waals surface area (Å²) in [5.74, 6) is 0.890. The van der Waals surface area contributed by atoms with Crippen molar-refractivity contribution in [2.24, 2.45) is 5.16 Å². The monoisotopic (exact) mass is 279 g/mol. The molecule has 2 aliphatic rings. The minimum atomic E-state index is -0.00425. The molecule has 2 atom stereocenters. The van der Waals surface area contributed by atoms with Crippen LogP contribution >= 0.6 is 0 Å². The Balaban J connectivity index is 1.64. The van der Waals surface area contributed by atoms with Gasteiger partial charge in [-0.25, -0.2) is 10.0 Å². The minimum absolute atomic E-state index is 0.00425. The lowest BCUT2D eigenvalue weighted by atomic mass is 10.0. The van der Waals surface area contributed by atoms with Gasteiger partial charge in [-0.1, -0.05) is 65.8 Å². The van der Waals surface area contributed by atoms with E-state index in [0.29, 0.717) is 6.04 Å². The second-order valence-corrected chi connectivity index (χ2v) is 5.42. The molecule has 1 fully saturated rings. The highest BCUT2D eigenvalue weighted by molar-refractivity contribution is 5.99. The van der Waals surface area contributed by atoms with E-state index in [-0.39, 0.29) is 6.23 Å². The molecule has 4 heteroatoms. The Morgan fingerprint density at radius 1 is 1.00 bits per heavy atom. The van der Waals surface area contributed by atoms with E-state index in [9.17, 15) is 0 Å². The standard InChI is InChI=1S/C17H17N3O/c1-19-15(13-8-4-2-5-9-13)12-16-20(19)17(18-21-16)14-10-6-3-7-11-14/h2-11,15-16H,12H2,1H3/t15-,16-/m0/s1. The number of amidine groups is 1. The summed E-state index contributed by atoms with van der Waals surface area (Å²) in [6.45, 7) is 0. The van der Waals surface area contributed by atoms with Crippen LogP contribution in [0.25, 0.3) is 0 Å². The lowest BCUT2D eigenvalue weighted by Gasteiger charge is -2.28. The third-order valence-electron chi connectivity index (χ3n) is 4.18. The fourth-order valence-electron chi connectivity index (χ4n) is 3.12. The van der Waals surface area contributed by atoms with Crippen LogP contribution in [0.4, 0.5) is 0 Å². The quantitative estimate of drug-likeness (QED) is 0.846. The van der Waals surface area contributed by atoms with Crippen LogP contribution in [0.15, 0.2) is 65.8 Å². The number of benzene rings is 2. The molecule has 0 aromatic heterocycles. The molecule has 0 aliphatic carbocycles. The van der Waals surface area contributed by atoms with E-state index in [1.165, 1.54) is 5.56 Å². The van der Waals surface area contributed by atoms with Crippen LogP contribution in [0.2, 0.25) is 0 Å². The molecule has 0 amide bonds. The number of hydrogen-bond acceptors (Lipinski definition) is 4. The van der Waals surface area contributed by atoms with Gasteiger partial charge in [-0.3, -0.25) is 0 Å². The number of hydrazine groups is 1. The Bertz CT molecular complexity index is 656. The van der Waals surface area contributed by atoms with Crippen LogP contribution in [0.1, 0.15) is 23.6 Å². The predicted octanol–water partition coefficient (Wildman–Crippen LogP) is 3.00. The first kappa shape index (κ1) is 12.4. The second-order valence-electron chi connectivity index (χ2n) is 5.42. The molecule has 0 bridgehead atoms. The summed E-state index contributed by atoms with van der Waals surface area (Å²) < 4.78 is 0. The van der Waals surface area contributed by atoms with E-state index in [0.717, 1.165) is 17.8 Å². The van der Waals surface area contributed by atoms with Gasteiger partial charge in [0.2, 0.25) is 6.23 Å². The number of fused-ring (bicyclic) bond motifs is 1. The first-order chi connectivity index (χ1) is 10.3.